The number of nitrogens with one attached hydrogen (secondary N) is 1. The number of hydrogen-bond acceptors (Lipinski definition) is 3. The molecule has 0 aliphatic carbocycles. The Balaban J connectivity index is 2.56. The van der Waals surface area contributed by atoms with Gasteiger partial charge < -0.3 is 11.1 Å². The zero-order chi connectivity index (χ0) is 15.1. The van der Waals surface area contributed by atoms with Gasteiger partial charge in [-0.1, -0.05) is 26.0 Å². The van der Waals surface area contributed by atoms with Gasteiger partial charge in [0.05, 0.1) is 5.25 Å². The number of benzene rings is 1. The Morgan fingerprint density at radius 1 is 1.20 bits per heavy atom. The van der Waals surface area contributed by atoms with E-state index in [1.54, 1.807) is 11.8 Å². The van der Waals surface area contributed by atoms with E-state index < -0.39 is 0 Å². The third kappa shape index (κ3) is 5.17. The molecule has 1 aromatic rings. The van der Waals surface area contributed by atoms with E-state index in [0.29, 0.717) is 0 Å². The second kappa shape index (κ2) is 8.32. The summed E-state index contributed by atoms with van der Waals surface area (Å²) in [6.45, 7) is 8.10. The monoisotopic (exact) mass is 294 g/mol. The normalized spacial score (nSPS) is 14.1. The molecule has 2 unspecified atom stereocenters. The molecule has 0 fully saturated rings. The fraction of sp³-hybridized carbons (Fsp3) is 0.562. The lowest BCUT2D eigenvalue weighted by atomic mass is 10.1. The van der Waals surface area contributed by atoms with Gasteiger partial charge in [0.15, 0.2) is 0 Å². The molecule has 0 aliphatic heterocycles. The molecular weight excluding hydrogens is 268 g/mol. The van der Waals surface area contributed by atoms with Crippen molar-refractivity contribution in [3.05, 3.63) is 29.8 Å². The molecule has 0 saturated heterocycles. The first-order chi connectivity index (χ1) is 9.47. The van der Waals surface area contributed by atoms with Crippen LogP contribution in [-0.4, -0.2) is 17.2 Å². The Bertz CT molecular complexity index is 413. The molecule has 4 heteroatoms. The van der Waals surface area contributed by atoms with Crippen molar-refractivity contribution in [2.24, 2.45) is 5.73 Å². The lowest BCUT2D eigenvalue weighted by molar-refractivity contribution is -0.121. The number of nitrogens with two attached hydrogens (primary N) is 1. The Morgan fingerprint density at radius 3 is 2.20 bits per heavy atom. The Labute approximate surface area is 126 Å². The predicted octanol–water partition coefficient (Wildman–Crippen LogP) is 3.49. The van der Waals surface area contributed by atoms with Gasteiger partial charge in [-0.25, -0.2) is 0 Å². The molecule has 0 heterocycles. The van der Waals surface area contributed by atoms with Crippen LogP contribution in [0.1, 0.15) is 52.1 Å². The van der Waals surface area contributed by atoms with E-state index in [-0.39, 0.29) is 23.2 Å². The maximum atomic E-state index is 12.1. The van der Waals surface area contributed by atoms with Crippen LogP contribution in [0.2, 0.25) is 0 Å². The van der Waals surface area contributed by atoms with Gasteiger partial charge in [0.1, 0.15) is 0 Å². The lowest BCUT2D eigenvalue weighted by Gasteiger charge is -2.18. The number of carbonyl (C=O) groups is 1. The summed E-state index contributed by atoms with van der Waals surface area (Å²) in [7, 11) is 0. The molecule has 0 radical (unpaired) electrons. The van der Waals surface area contributed by atoms with Crippen molar-refractivity contribution in [2.75, 3.05) is 0 Å². The lowest BCUT2D eigenvalue weighted by Crippen LogP contribution is -2.38. The summed E-state index contributed by atoms with van der Waals surface area (Å²) in [6, 6.07) is 8.45. The van der Waals surface area contributed by atoms with Crippen LogP contribution in [-0.2, 0) is 4.79 Å². The van der Waals surface area contributed by atoms with Crippen molar-refractivity contribution in [2.45, 2.75) is 62.8 Å². The second-order valence-corrected chi connectivity index (χ2v) is 6.55. The zero-order valence-electron chi connectivity index (χ0n) is 12.8. The standard InChI is InChI=1S/C16H26N2OS/c1-5-14(6-2)18-16(19)12(4)20-15-9-7-13(8-10-15)11(3)17/h7-12,14H,5-6,17H2,1-4H3,(H,18,19). The highest BCUT2D eigenvalue weighted by molar-refractivity contribution is 8.00. The summed E-state index contributed by atoms with van der Waals surface area (Å²) in [4.78, 5) is 13.2. The molecule has 1 rings (SSSR count). The molecule has 1 aromatic carbocycles. The number of hydrogen-bond donors (Lipinski definition) is 2. The number of thioether (sulfide) groups is 1. The highest BCUT2D eigenvalue weighted by atomic mass is 32.2. The fourth-order valence-corrected chi connectivity index (χ4v) is 2.80. The topological polar surface area (TPSA) is 55.1 Å². The SMILES string of the molecule is CCC(CC)NC(=O)C(C)Sc1ccc(C(C)N)cc1. The van der Waals surface area contributed by atoms with Gasteiger partial charge in [0, 0.05) is 17.0 Å². The van der Waals surface area contributed by atoms with E-state index in [2.05, 4.69) is 19.2 Å². The van der Waals surface area contributed by atoms with Crippen LogP contribution < -0.4 is 11.1 Å². The van der Waals surface area contributed by atoms with Gasteiger partial charge in [0.25, 0.3) is 0 Å². The van der Waals surface area contributed by atoms with Gasteiger partial charge in [-0.3, -0.25) is 4.79 Å². The third-order valence-corrected chi connectivity index (χ3v) is 4.53. The third-order valence-electron chi connectivity index (χ3n) is 3.42. The van der Waals surface area contributed by atoms with Crippen molar-refractivity contribution in [1.29, 1.82) is 0 Å². The van der Waals surface area contributed by atoms with E-state index >= 15 is 0 Å². The first kappa shape index (κ1) is 17.1. The van der Waals surface area contributed by atoms with Crippen LogP contribution >= 0.6 is 11.8 Å². The van der Waals surface area contributed by atoms with Crippen LogP contribution in [0.25, 0.3) is 0 Å². The van der Waals surface area contributed by atoms with E-state index in [4.69, 9.17) is 5.73 Å². The average molecular weight is 294 g/mol. The van der Waals surface area contributed by atoms with E-state index in [9.17, 15) is 4.79 Å². The summed E-state index contributed by atoms with van der Waals surface area (Å²) < 4.78 is 0. The number of carbonyl (C=O) groups excluding carboxylic acids is 1. The summed E-state index contributed by atoms with van der Waals surface area (Å²) in [5.41, 5.74) is 6.94. The molecular formula is C16H26N2OS. The summed E-state index contributed by atoms with van der Waals surface area (Å²) in [5, 5.41) is 3.00. The molecule has 0 spiro atoms. The highest BCUT2D eigenvalue weighted by Crippen LogP contribution is 2.24. The van der Waals surface area contributed by atoms with Gasteiger partial charge in [-0.2, -0.15) is 0 Å². The minimum absolute atomic E-state index is 0.0460. The predicted molar refractivity (Wildman–Crippen MR) is 86.9 cm³/mol. The molecule has 112 valence electrons. The van der Waals surface area contributed by atoms with Crippen LogP contribution in [0.3, 0.4) is 0 Å². The average Bonchev–Trinajstić information content (AvgIpc) is 2.44. The van der Waals surface area contributed by atoms with Crippen molar-refractivity contribution in [3.63, 3.8) is 0 Å². The first-order valence-electron chi connectivity index (χ1n) is 7.30. The Kier molecular flexibility index (Phi) is 7.10. The molecule has 0 aromatic heterocycles. The van der Waals surface area contributed by atoms with Crippen LogP contribution in [0.4, 0.5) is 0 Å². The first-order valence-corrected chi connectivity index (χ1v) is 8.18. The number of amides is 1. The van der Waals surface area contributed by atoms with Gasteiger partial charge in [-0.05, 0) is 44.4 Å². The quantitative estimate of drug-likeness (QED) is 0.757. The molecule has 2 atom stereocenters. The minimum Gasteiger partial charge on any atom is -0.352 e. The van der Waals surface area contributed by atoms with Crippen LogP contribution in [0, 0.1) is 0 Å². The molecule has 0 bridgehead atoms. The van der Waals surface area contributed by atoms with Crippen molar-refractivity contribution < 1.29 is 4.79 Å². The highest BCUT2D eigenvalue weighted by Gasteiger charge is 2.16. The van der Waals surface area contributed by atoms with Crippen LogP contribution in [0.5, 0.6) is 0 Å². The minimum atomic E-state index is -0.0863. The number of rotatable bonds is 7. The smallest absolute Gasteiger partial charge is 0.233 e. The Hall–Kier alpha value is -1.00. The second-order valence-electron chi connectivity index (χ2n) is 5.14. The molecule has 3 nitrogen and oxygen atoms in total. The molecule has 3 N–H and O–H groups in total. The summed E-state index contributed by atoms with van der Waals surface area (Å²) in [5.74, 6) is 0.111. The summed E-state index contributed by atoms with van der Waals surface area (Å²) in [6.07, 6.45) is 1.95. The maximum absolute atomic E-state index is 12.1. The van der Waals surface area contributed by atoms with Crippen LogP contribution in [0.15, 0.2) is 29.2 Å². The maximum Gasteiger partial charge on any atom is 0.233 e. The van der Waals surface area contributed by atoms with E-state index in [0.717, 1.165) is 23.3 Å². The van der Waals surface area contributed by atoms with Crippen molar-refractivity contribution in [1.82, 2.24) is 5.32 Å². The fourth-order valence-electron chi connectivity index (χ4n) is 1.92. The van der Waals surface area contributed by atoms with Gasteiger partial charge >= 0.3 is 0 Å². The van der Waals surface area contributed by atoms with E-state index in [1.165, 1.54) is 0 Å². The molecule has 0 saturated carbocycles. The zero-order valence-corrected chi connectivity index (χ0v) is 13.7. The van der Waals surface area contributed by atoms with Crippen molar-refractivity contribution in [3.8, 4) is 0 Å². The Morgan fingerprint density at radius 2 is 1.75 bits per heavy atom. The van der Waals surface area contributed by atoms with E-state index in [1.807, 2.05) is 38.1 Å². The molecule has 1 amide bonds. The van der Waals surface area contributed by atoms with Gasteiger partial charge in [-0.15, -0.1) is 11.8 Å². The largest absolute Gasteiger partial charge is 0.352 e. The summed E-state index contributed by atoms with van der Waals surface area (Å²) >= 11 is 1.58. The molecule has 0 aliphatic rings. The van der Waals surface area contributed by atoms with Crippen molar-refractivity contribution >= 4 is 17.7 Å². The molecule has 20 heavy (non-hydrogen) atoms. The van der Waals surface area contributed by atoms with Gasteiger partial charge in [0.2, 0.25) is 5.91 Å².